The van der Waals surface area contributed by atoms with E-state index in [1.165, 1.54) is 5.39 Å². The summed E-state index contributed by atoms with van der Waals surface area (Å²) in [4.78, 5) is 33.1. The van der Waals surface area contributed by atoms with Crippen LogP contribution in [0.3, 0.4) is 0 Å². The molecule has 35 heavy (non-hydrogen) atoms. The van der Waals surface area contributed by atoms with Crippen molar-refractivity contribution in [1.82, 2.24) is 20.1 Å². The molecule has 0 radical (unpaired) electrons. The largest absolute Gasteiger partial charge is 0.355 e. The lowest BCUT2D eigenvalue weighted by atomic mass is 9.96. The number of unbranched alkanes of at least 4 members (excludes halogenated alkanes) is 1. The van der Waals surface area contributed by atoms with Gasteiger partial charge in [-0.2, -0.15) is 0 Å². The second kappa shape index (κ2) is 12.0. The van der Waals surface area contributed by atoms with Gasteiger partial charge in [-0.3, -0.25) is 9.59 Å². The molecular formula is C29H38N4O2. The molecule has 2 amide bonds. The van der Waals surface area contributed by atoms with E-state index >= 15 is 0 Å². The number of carbonyl (C=O) groups is 2. The minimum absolute atomic E-state index is 0.0314. The van der Waals surface area contributed by atoms with Gasteiger partial charge in [0.25, 0.3) is 5.91 Å². The molecule has 1 aliphatic heterocycles. The van der Waals surface area contributed by atoms with Crippen LogP contribution in [0, 0.1) is 5.92 Å². The fraction of sp³-hybridized carbons (Fsp3) is 0.448. The molecule has 0 saturated carbocycles. The summed E-state index contributed by atoms with van der Waals surface area (Å²) in [6.45, 7) is 9.26. The number of para-hydroxylation sites is 1. The van der Waals surface area contributed by atoms with E-state index in [1.807, 2.05) is 55.1 Å². The monoisotopic (exact) mass is 474 g/mol. The minimum atomic E-state index is -0.0314. The van der Waals surface area contributed by atoms with Gasteiger partial charge in [0, 0.05) is 48.3 Å². The number of aromatic nitrogens is 1. The van der Waals surface area contributed by atoms with E-state index in [0.29, 0.717) is 18.0 Å². The van der Waals surface area contributed by atoms with Crippen LogP contribution in [0.4, 0.5) is 0 Å². The summed E-state index contributed by atoms with van der Waals surface area (Å²) >= 11 is 0. The van der Waals surface area contributed by atoms with Gasteiger partial charge in [-0.1, -0.05) is 30.3 Å². The molecule has 2 N–H and O–H groups in total. The highest BCUT2D eigenvalue weighted by molar-refractivity contribution is 5.95. The number of nitrogens with one attached hydrogen (secondary N) is 2. The number of carbonyl (C=O) groups excluding carboxylic acids is 2. The van der Waals surface area contributed by atoms with Gasteiger partial charge in [-0.15, -0.1) is 0 Å². The lowest BCUT2D eigenvalue weighted by molar-refractivity contribution is -0.137. The SMILES string of the molecule is CCN(CC)C(=O)C1CCCN(CCCCNC(=O)c2ccc(-c3cc4ccccc4[nH]3)cc2)C1. The number of fused-ring (bicyclic) bond motifs is 1. The van der Waals surface area contributed by atoms with Crippen molar-refractivity contribution in [2.45, 2.75) is 39.5 Å². The minimum Gasteiger partial charge on any atom is -0.355 e. The third-order valence-electron chi connectivity index (χ3n) is 7.10. The van der Waals surface area contributed by atoms with Gasteiger partial charge < -0.3 is 20.1 Å². The van der Waals surface area contributed by atoms with Gasteiger partial charge >= 0.3 is 0 Å². The second-order valence-electron chi connectivity index (χ2n) is 9.46. The van der Waals surface area contributed by atoms with Gasteiger partial charge in [-0.05, 0) is 82.4 Å². The Hall–Kier alpha value is -3.12. The second-order valence-corrected chi connectivity index (χ2v) is 9.46. The van der Waals surface area contributed by atoms with Crippen molar-refractivity contribution in [3.05, 3.63) is 60.2 Å². The maximum Gasteiger partial charge on any atom is 0.251 e. The predicted octanol–water partition coefficient (Wildman–Crippen LogP) is 4.93. The highest BCUT2D eigenvalue weighted by Crippen LogP contribution is 2.24. The first kappa shape index (κ1) is 25.0. The van der Waals surface area contributed by atoms with Gasteiger partial charge in [0.15, 0.2) is 0 Å². The summed E-state index contributed by atoms with van der Waals surface area (Å²) in [7, 11) is 0. The van der Waals surface area contributed by atoms with Crippen LogP contribution in [0.2, 0.25) is 0 Å². The molecule has 1 aromatic heterocycles. The van der Waals surface area contributed by atoms with Crippen LogP contribution in [-0.4, -0.2) is 65.9 Å². The lowest BCUT2D eigenvalue weighted by Crippen LogP contribution is -2.45. The maximum absolute atomic E-state index is 12.7. The third-order valence-corrected chi connectivity index (χ3v) is 7.10. The van der Waals surface area contributed by atoms with Crippen molar-refractivity contribution in [1.29, 1.82) is 0 Å². The fourth-order valence-electron chi connectivity index (χ4n) is 5.05. The van der Waals surface area contributed by atoms with Crippen molar-refractivity contribution in [3.63, 3.8) is 0 Å². The Bertz CT molecular complexity index is 1080. The number of hydrogen-bond donors (Lipinski definition) is 2. The molecule has 0 aliphatic carbocycles. The van der Waals surface area contributed by atoms with Gasteiger partial charge in [-0.25, -0.2) is 0 Å². The topological polar surface area (TPSA) is 68.4 Å². The third kappa shape index (κ3) is 6.31. The van der Waals surface area contributed by atoms with Crippen molar-refractivity contribution < 1.29 is 9.59 Å². The van der Waals surface area contributed by atoms with E-state index in [-0.39, 0.29) is 11.8 Å². The molecule has 1 aliphatic rings. The van der Waals surface area contributed by atoms with Crippen LogP contribution >= 0.6 is 0 Å². The summed E-state index contributed by atoms with van der Waals surface area (Å²) in [5.74, 6) is 0.411. The number of nitrogens with zero attached hydrogens (tertiary/aromatic N) is 2. The summed E-state index contributed by atoms with van der Waals surface area (Å²) in [5, 5.41) is 4.23. The summed E-state index contributed by atoms with van der Waals surface area (Å²) in [6, 6.07) is 18.1. The first-order chi connectivity index (χ1) is 17.1. The molecule has 0 spiro atoms. The molecule has 0 bridgehead atoms. The number of rotatable bonds is 10. The van der Waals surface area contributed by atoms with Crippen molar-refractivity contribution >= 4 is 22.7 Å². The predicted molar refractivity (Wildman–Crippen MR) is 142 cm³/mol. The normalized spacial score (nSPS) is 16.3. The summed E-state index contributed by atoms with van der Waals surface area (Å²) < 4.78 is 0. The first-order valence-corrected chi connectivity index (χ1v) is 13.1. The smallest absolute Gasteiger partial charge is 0.251 e. The standard InChI is InChI=1S/C29H38N4O2/c1-3-33(4-2)29(35)25-11-9-19-32(21-25)18-8-7-17-30-28(34)23-15-13-22(14-16-23)27-20-24-10-5-6-12-26(24)31-27/h5-6,10,12-16,20,25,31H,3-4,7-9,11,17-19,21H2,1-2H3,(H,30,34). The van der Waals surface area contributed by atoms with Gasteiger partial charge in [0.1, 0.15) is 0 Å². The maximum atomic E-state index is 12.7. The van der Waals surface area contributed by atoms with Crippen molar-refractivity contribution in [3.8, 4) is 11.3 Å². The van der Waals surface area contributed by atoms with Crippen LogP contribution in [0.1, 0.15) is 49.9 Å². The Kier molecular flexibility index (Phi) is 8.59. The summed E-state index contributed by atoms with van der Waals surface area (Å²) in [5.41, 5.74) is 3.91. The molecule has 4 rings (SSSR count). The van der Waals surface area contributed by atoms with E-state index < -0.39 is 0 Å². The number of hydrogen-bond acceptors (Lipinski definition) is 3. The molecule has 3 aromatic rings. The average Bonchev–Trinajstić information content (AvgIpc) is 3.34. The van der Waals surface area contributed by atoms with Gasteiger partial charge in [0.2, 0.25) is 5.91 Å². The number of likely N-dealkylation sites (tertiary alicyclic amines) is 1. The molecule has 6 heteroatoms. The van der Waals surface area contributed by atoms with Crippen LogP contribution in [0.25, 0.3) is 22.2 Å². The summed E-state index contributed by atoms with van der Waals surface area (Å²) in [6.07, 6.45) is 4.04. The highest BCUT2D eigenvalue weighted by Gasteiger charge is 2.27. The Morgan fingerprint density at radius 2 is 1.83 bits per heavy atom. The number of benzene rings is 2. The van der Waals surface area contributed by atoms with Crippen LogP contribution in [-0.2, 0) is 4.79 Å². The van der Waals surface area contributed by atoms with E-state index in [1.54, 1.807) is 0 Å². The molecule has 186 valence electrons. The number of amides is 2. The Balaban J connectivity index is 1.18. The average molecular weight is 475 g/mol. The molecule has 1 atom stereocenters. The molecular weight excluding hydrogens is 436 g/mol. The van der Waals surface area contributed by atoms with E-state index in [4.69, 9.17) is 0 Å². The zero-order chi connectivity index (χ0) is 24.6. The fourth-order valence-corrected chi connectivity index (χ4v) is 5.05. The van der Waals surface area contributed by atoms with Crippen LogP contribution in [0.5, 0.6) is 0 Å². The number of aromatic amines is 1. The molecule has 2 aromatic carbocycles. The van der Waals surface area contributed by atoms with Crippen molar-refractivity contribution in [2.24, 2.45) is 5.92 Å². The number of H-pyrrole nitrogens is 1. The molecule has 1 saturated heterocycles. The Morgan fingerprint density at radius 3 is 2.57 bits per heavy atom. The highest BCUT2D eigenvalue weighted by atomic mass is 16.2. The molecule has 2 heterocycles. The quantitative estimate of drug-likeness (QED) is 0.410. The van der Waals surface area contributed by atoms with Crippen LogP contribution in [0.15, 0.2) is 54.6 Å². The molecule has 6 nitrogen and oxygen atoms in total. The lowest BCUT2D eigenvalue weighted by Gasteiger charge is -2.34. The van der Waals surface area contributed by atoms with Crippen LogP contribution < -0.4 is 5.32 Å². The Morgan fingerprint density at radius 1 is 1.06 bits per heavy atom. The first-order valence-electron chi connectivity index (χ1n) is 13.1. The van der Waals surface area contributed by atoms with Crippen molar-refractivity contribution in [2.75, 3.05) is 39.3 Å². The van der Waals surface area contributed by atoms with E-state index in [0.717, 1.165) is 75.2 Å². The zero-order valence-electron chi connectivity index (χ0n) is 21.1. The molecule has 1 fully saturated rings. The molecule has 1 unspecified atom stereocenters. The van der Waals surface area contributed by atoms with E-state index in [9.17, 15) is 9.59 Å². The van der Waals surface area contributed by atoms with Gasteiger partial charge in [0.05, 0.1) is 5.92 Å². The number of piperidine rings is 1. The Labute approximate surface area is 208 Å². The van der Waals surface area contributed by atoms with E-state index in [2.05, 4.69) is 33.4 Å². The zero-order valence-corrected chi connectivity index (χ0v) is 21.1.